The standard InChI is InChI=1S/C19H33O5P/c1-7-22-18(20)16(25(21,23-8-2)24-9-3)12-15-17-13(4)10-11-14(17)19(15,5)6/h12-15,17H,7-11H2,1-6H3/b16-12-/t13-,14+,15+,17-/m1/s1. The van der Waals surface area contributed by atoms with Crippen LogP contribution in [0.3, 0.4) is 0 Å². The minimum absolute atomic E-state index is 0.0775. The first-order valence-corrected chi connectivity index (χ1v) is 11.1. The van der Waals surface area contributed by atoms with Gasteiger partial charge in [-0.25, -0.2) is 4.79 Å². The quantitative estimate of drug-likeness (QED) is 0.340. The fourth-order valence-electron chi connectivity index (χ4n) is 4.81. The van der Waals surface area contributed by atoms with Crippen molar-refractivity contribution >= 4 is 13.6 Å². The first kappa shape index (κ1) is 20.7. The van der Waals surface area contributed by atoms with Gasteiger partial charge in [-0.05, 0) is 56.3 Å². The third kappa shape index (κ3) is 3.74. The Kier molecular flexibility index (Phi) is 6.56. The molecule has 0 amide bonds. The lowest BCUT2D eigenvalue weighted by atomic mass is 9.48. The Morgan fingerprint density at radius 2 is 1.72 bits per heavy atom. The molecule has 2 fully saturated rings. The van der Waals surface area contributed by atoms with E-state index in [0.29, 0.717) is 17.8 Å². The molecule has 144 valence electrons. The second-order valence-electron chi connectivity index (χ2n) is 7.69. The molecule has 4 atom stereocenters. The molecule has 0 aliphatic heterocycles. The molecule has 0 aromatic heterocycles. The predicted octanol–water partition coefficient (Wildman–Crippen LogP) is 5.02. The maximum absolute atomic E-state index is 13.3. The number of hydrogen-bond acceptors (Lipinski definition) is 5. The van der Waals surface area contributed by atoms with Crippen LogP contribution >= 0.6 is 7.60 Å². The van der Waals surface area contributed by atoms with Gasteiger partial charge in [-0.15, -0.1) is 0 Å². The van der Waals surface area contributed by atoms with Crippen LogP contribution in [0.25, 0.3) is 0 Å². The lowest BCUT2D eigenvalue weighted by molar-refractivity contribution is -0.138. The molecule has 2 aliphatic carbocycles. The zero-order chi connectivity index (χ0) is 18.8. The lowest BCUT2D eigenvalue weighted by Crippen LogP contribution is -2.51. The van der Waals surface area contributed by atoms with Gasteiger partial charge < -0.3 is 13.8 Å². The lowest BCUT2D eigenvalue weighted by Gasteiger charge is -2.56. The van der Waals surface area contributed by atoms with Crippen LogP contribution in [0.5, 0.6) is 0 Å². The maximum Gasteiger partial charge on any atom is 0.368 e. The molecule has 2 saturated carbocycles. The van der Waals surface area contributed by atoms with Crippen molar-refractivity contribution in [3.8, 4) is 0 Å². The number of carbonyl (C=O) groups excluding carboxylic acids is 1. The number of allylic oxidation sites excluding steroid dienone is 1. The summed E-state index contributed by atoms with van der Waals surface area (Å²) in [7, 11) is -3.67. The van der Waals surface area contributed by atoms with Crippen LogP contribution in [-0.4, -0.2) is 25.8 Å². The van der Waals surface area contributed by atoms with Gasteiger partial charge in [0, 0.05) is 0 Å². The summed E-state index contributed by atoms with van der Waals surface area (Å²) in [5, 5.41) is 0.0775. The summed E-state index contributed by atoms with van der Waals surface area (Å²) in [5.74, 6) is 1.39. The molecule has 0 unspecified atom stereocenters. The summed E-state index contributed by atoms with van der Waals surface area (Å²) in [5.41, 5.74) is 0.0798. The van der Waals surface area contributed by atoms with E-state index in [4.69, 9.17) is 13.8 Å². The number of esters is 1. The van der Waals surface area contributed by atoms with Crippen molar-refractivity contribution in [1.29, 1.82) is 0 Å². The molecule has 0 spiro atoms. The molecule has 2 aliphatic rings. The van der Waals surface area contributed by atoms with Gasteiger partial charge in [0.05, 0.1) is 19.8 Å². The Morgan fingerprint density at radius 3 is 2.24 bits per heavy atom. The van der Waals surface area contributed by atoms with Crippen LogP contribution in [0.15, 0.2) is 11.4 Å². The summed E-state index contributed by atoms with van der Waals surface area (Å²) in [6, 6.07) is 0. The van der Waals surface area contributed by atoms with E-state index >= 15 is 0 Å². The van der Waals surface area contributed by atoms with E-state index in [0.717, 1.165) is 0 Å². The van der Waals surface area contributed by atoms with E-state index < -0.39 is 13.6 Å². The minimum atomic E-state index is -3.67. The molecular weight excluding hydrogens is 339 g/mol. The highest BCUT2D eigenvalue weighted by molar-refractivity contribution is 7.59. The molecule has 0 saturated heterocycles. The Labute approximate surface area is 152 Å². The summed E-state index contributed by atoms with van der Waals surface area (Å²) >= 11 is 0. The Bertz CT molecular complexity index is 558. The van der Waals surface area contributed by atoms with Gasteiger partial charge >= 0.3 is 13.6 Å². The molecule has 25 heavy (non-hydrogen) atoms. The van der Waals surface area contributed by atoms with Gasteiger partial charge in [0.1, 0.15) is 5.31 Å². The summed E-state index contributed by atoms with van der Waals surface area (Å²) in [6.07, 6.45) is 4.30. The smallest absolute Gasteiger partial charge is 0.368 e. The number of rotatable bonds is 8. The van der Waals surface area contributed by atoms with Crippen molar-refractivity contribution in [2.24, 2.45) is 29.1 Å². The Morgan fingerprint density at radius 1 is 1.12 bits per heavy atom. The Hall–Kier alpha value is -0.640. The first-order chi connectivity index (χ1) is 11.7. The van der Waals surface area contributed by atoms with Crippen molar-refractivity contribution < 1.29 is 23.1 Å². The van der Waals surface area contributed by atoms with Crippen molar-refractivity contribution in [2.45, 2.75) is 54.4 Å². The number of ether oxygens (including phenoxy) is 1. The molecule has 0 N–H and O–H groups in total. The third-order valence-electron chi connectivity index (χ3n) is 6.00. The van der Waals surface area contributed by atoms with E-state index in [9.17, 15) is 9.36 Å². The number of hydrogen-bond donors (Lipinski definition) is 0. The van der Waals surface area contributed by atoms with Crippen molar-refractivity contribution in [1.82, 2.24) is 0 Å². The Balaban J connectivity index is 2.42. The van der Waals surface area contributed by atoms with E-state index in [1.54, 1.807) is 20.8 Å². The molecule has 0 heterocycles. The molecule has 0 radical (unpaired) electrons. The highest BCUT2D eigenvalue weighted by Crippen LogP contribution is 2.67. The first-order valence-electron chi connectivity index (χ1n) is 9.51. The van der Waals surface area contributed by atoms with Crippen LogP contribution in [0.1, 0.15) is 54.4 Å². The van der Waals surface area contributed by atoms with Crippen LogP contribution < -0.4 is 0 Å². The molecule has 6 heteroatoms. The summed E-state index contributed by atoms with van der Waals surface area (Å²) in [6.45, 7) is 12.6. The van der Waals surface area contributed by atoms with Gasteiger partial charge in [0.25, 0.3) is 0 Å². The molecule has 0 bridgehead atoms. The second kappa shape index (κ2) is 7.94. The van der Waals surface area contributed by atoms with Gasteiger partial charge in [-0.3, -0.25) is 4.57 Å². The van der Waals surface area contributed by atoms with Crippen molar-refractivity contribution in [3.05, 3.63) is 11.4 Å². The number of fused-ring (bicyclic) bond motifs is 1. The van der Waals surface area contributed by atoms with E-state index in [1.807, 2.05) is 6.08 Å². The minimum Gasteiger partial charge on any atom is -0.462 e. The second-order valence-corrected chi connectivity index (χ2v) is 9.68. The SMILES string of the molecule is CCOC(=O)/C(=C/[C@H]1[C@@H]2[C@H](C)CC[C@@H]2C1(C)C)P(=O)(OCC)OCC. The highest BCUT2D eigenvalue weighted by atomic mass is 31.2. The molecule has 2 rings (SSSR count). The maximum atomic E-state index is 13.3. The van der Waals surface area contributed by atoms with Gasteiger partial charge in [0.2, 0.25) is 0 Å². The highest BCUT2D eigenvalue weighted by Gasteiger charge is 2.59. The topological polar surface area (TPSA) is 61.8 Å². The molecular formula is C19H33O5P. The van der Waals surface area contributed by atoms with Gasteiger partial charge in [-0.2, -0.15) is 0 Å². The van der Waals surface area contributed by atoms with E-state index in [-0.39, 0.29) is 36.5 Å². The third-order valence-corrected chi connectivity index (χ3v) is 8.12. The van der Waals surface area contributed by atoms with Crippen LogP contribution in [0.4, 0.5) is 0 Å². The van der Waals surface area contributed by atoms with Gasteiger partial charge in [0.15, 0.2) is 0 Å². The van der Waals surface area contributed by atoms with E-state index in [1.165, 1.54) is 12.8 Å². The largest absolute Gasteiger partial charge is 0.462 e. The fourth-order valence-corrected chi connectivity index (χ4v) is 6.47. The summed E-state index contributed by atoms with van der Waals surface area (Å²) in [4.78, 5) is 12.6. The monoisotopic (exact) mass is 372 g/mol. The molecule has 5 nitrogen and oxygen atoms in total. The summed E-state index contributed by atoms with van der Waals surface area (Å²) < 4.78 is 29.3. The van der Waals surface area contributed by atoms with Crippen LogP contribution in [-0.2, 0) is 23.1 Å². The van der Waals surface area contributed by atoms with E-state index in [2.05, 4.69) is 20.8 Å². The van der Waals surface area contributed by atoms with Crippen molar-refractivity contribution in [2.75, 3.05) is 19.8 Å². The predicted molar refractivity (Wildman–Crippen MR) is 98.2 cm³/mol. The zero-order valence-electron chi connectivity index (χ0n) is 16.4. The fraction of sp³-hybridized carbons (Fsp3) is 0.842. The van der Waals surface area contributed by atoms with Crippen LogP contribution in [0.2, 0.25) is 0 Å². The van der Waals surface area contributed by atoms with Gasteiger partial charge in [-0.1, -0.05) is 33.3 Å². The van der Waals surface area contributed by atoms with Crippen molar-refractivity contribution in [3.63, 3.8) is 0 Å². The van der Waals surface area contributed by atoms with Crippen LogP contribution in [0, 0.1) is 29.1 Å². The zero-order valence-corrected chi connectivity index (χ0v) is 17.3. The molecule has 0 aromatic rings. The average molecular weight is 372 g/mol. The normalized spacial score (nSPS) is 31.4. The average Bonchev–Trinajstić information content (AvgIpc) is 2.87. The number of carbonyl (C=O) groups is 1. The molecule has 0 aromatic carbocycles.